The van der Waals surface area contributed by atoms with E-state index in [-0.39, 0.29) is 0 Å². The number of fused-ring (bicyclic) bond motifs is 1. The van der Waals surface area contributed by atoms with E-state index in [4.69, 9.17) is 26.1 Å². The van der Waals surface area contributed by atoms with Crippen LogP contribution in [-0.4, -0.2) is 43.4 Å². The average Bonchev–Trinajstić information content (AvgIpc) is 2.68. The van der Waals surface area contributed by atoms with Crippen molar-refractivity contribution < 1.29 is 9.47 Å². The van der Waals surface area contributed by atoms with Gasteiger partial charge >= 0.3 is 0 Å². The predicted octanol–water partition coefficient (Wildman–Crippen LogP) is 3.87. The van der Waals surface area contributed by atoms with Crippen molar-refractivity contribution in [2.24, 2.45) is 0 Å². The molecule has 0 saturated carbocycles. The molecule has 4 rings (SSSR count). The lowest BCUT2D eigenvalue weighted by Gasteiger charge is -2.29. The lowest BCUT2D eigenvalue weighted by molar-refractivity contribution is 0.122. The van der Waals surface area contributed by atoms with Crippen LogP contribution in [0.1, 0.15) is 0 Å². The zero-order valence-corrected chi connectivity index (χ0v) is 15.2. The Labute approximate surface area is 156 Å². The van der Waals surface area contributed by atoms with Gasteiger partial charge in [0.25, 0.3) is 0 Å². The van der Waals surface area contributed by atoms with E-state index in [1.165, 1.54) is 0 Å². The summed E-state index contributed by atoms with van der Waals surface area (Å²) in [6.07, 6.45) is 0. The van der Waals surface area contributed by atoms with E-state index in [2.05, 4.69) is 15.2 Å². The first-order valence-electron chi connectivity index (χ1n) is 8.44. The summed E-state index contributed by atoms with van der Waals surface area (Å²) in [5, 5.41) is 4.82. The van der Waals surface area contributed by atoms with Crippen LogP contribution in [-0.2, 0) is 4.74 Å². The molecular weight excluding hydrogens is 352 g/mol. The van der Waals surface area contributed by atoms with E-state index >= 15 is 0 Å². The van der Waals surface area contributed by atoms with Gasteiger partial charge in [-0.05, 0) is 30.3 Å². The summed E-state index contributed by atoms with van der Waals surface area (Å²) in [7, 11) is 1.59. The molecule has 0 amide bonds. The fraction of sp³-hybridized carbons (Fsp3) is 0.263. The number of anilines is 3. The van der Waals surface area contributed by atoms with E-state index in [9.17, 15) is 0 Å². The molecule has 0 bridgehead atoms. The molecule has 1 fully saturated rings. The Morgan fingerprint density at radius 1 is 1.12 bits per heavy atom. The normalized spacial score (nSPS) is 14.5. The number of morpholine rings is 1. The Hall–Kier alpha value is -2.57. The van der Waals surface area contributed by atoms with Crippen molar-refractivity contribution in [1.29, 1.82) is 0 Å². The molecule has 1 saturated heterocycles. The molecule has 1 N–H and O–H groups in total. The lowest BCUT2D eigenvalue weighted by Crippen LogP contribution is -2.37. The van der Waals surface area contributed by atoms with Crippen molar-refractivity contribution in [3.05, 3.63) is 47.5 Å². The number of nitrogens with zero attached hydrogens (tertiary/aromatic N) is 3. The second kappa shape index (κ2) is 7.35. The number of rotatable bonds is 4. The van der Waals surface area contributed by atoms with Gasteiger partial charge in [-0.3, -0.25) is 0 Å². The van der Waals surface area contributed by atoms with Crippen LogP contribution in [0.2, 0.25) is 5.02 Å². The Kier molecular flexibility index (Phi) is 4.77. The average molecular weight is 371 g/mol. The van der Waals surface area contributed by atoms with Crippen molar-refractivity contribution in [3.63, 3.8) is 0 Å². The summed E-state index contributed by atoms with van der Waals surface area (Å²) < 4.78 is 10.7. The molecule has 0 atom stereocenters. The number of halogens is 1. The molecule has 1 aliphatic heterocycles. The third kappa shape index (κ3) is 3.38. The van der Waals surface area contributed by atoms with Gasteiger partial charge in [0, 0.05) is 24.2 Å². The summed E-state index contributed by atoms with van der Waals surface area (Å²) in [4.78, 5) is 11.6. The predicted molar refractivity (Wildman–Crippen MR) is 104 cm³/mol. The van der Waals surface area contributed by atoms with Gasteiger partial charge in [-0.25, -0.2) is 4.98 Å². The van der Waals surface area contributed by atoms with Gasteiger partial charge in [-0.1, -0.05) is 23.7 Å². The minimum Gasteiger partial charge on any atom is -0.495 e. The molecule has 134 valence electrons. The van der Waals surface area contributed by atoms with Crippen molar-refractivity contribution in [2.45, 2.75) is 0 Å². The maximum absolute atomic E-state index is 6.22. The van der Waals surface area contributed by atoms with Gasteiger partial charge in [-0.2, -0.15) is 4.98 Å². The zero-order chi connectivity index (χ0) is 17.9. The summed E-state index contributed by atoms with van der Waals surface area (Å²) in [5.74, 6) is 2.08. The zero-order valence-electron chi connectivity index (χ0n) is 14.4. The topological polar surface area (TPSA) is 59.5 Å². The maximum Gasteiger partial charge on any atom is 0.229 e. The molecule has 1 aliphatic rings. The van der Waals surface area contributed by atoms with E-state index in [0.29, 0.717) is 29.9 Å². The highest BCUT2D eigenvalue weighted by Gasteiger charge is 2.17. The molecule has 6 nitrogen and oxygen atoms in total. The van der Waals surface area contributed by atoms with Gasteiger partial charge < -0.3 is 19.7 Å². The summed E-state index contributed by atoms with van der Waals surface area (Å²) in [6, 6.07) is 13.5. The first-order chi connectivity index (χ1) is 12.7. The largest absolute Gasteiger partial charge is 0.495 e. The number of methoxy groups -OCH3 is 1. The van der Waals surface area contributed by atoms with Crippen LogP contribution in [0.15, 0.2) is 42.5 Å². The van der Waals surface area contributed by atoms with Crippen molar-refractivity contribution in [1.82, 2.24) is 9.97 Å². The number of ether oxygens (including phenoxy) is 2. The van der Waals surface area contributed by atoms with Crippen LogP contribution in [0, 0.1) is 0 Å². The quantitative estimate of drug-likeness (QED) is 0.752. The highest BCUT2D eigenvalue weighted by atomic mass is 35.5. The van der Waals surface area contributed by atoms with E-state index < -0.39 is 0 Å². The van der Waals surface area contributed by atoms with E-state index in [0.717, 1.165) is 35.5 Å². The molecule has 7 heteroatoms. The van der Waals surface area contributed by atoms with Crippen LogP contribution in [0.3, 0.4) is 0 Å². The van der Waals surface area contributed by atoms with Crippen LogP contribution < -0.4 is 15.0 Å². The number of aromatic nitrogens is 2. The Morgan fingerprint density at radius 2 is 1.92 bits per heavy atom. The molecular formula is C19H19ClN4O2. The highest BCUT2D eigenvalue weighted by Crippen LogP contribution is 2.30. The summed E-state index contributed by atoms with van der Waals surface area (Å²) in [6.45, 7) is 3.04. The molecule has 0 radical (unpaired) electrons. The van der Waals surface area contributed by atoms with Gasteiger partial charge in [0.2, 0.25) is 5.95 Å². The minimum absolute atomic E-state index is 0.534. The Balaban J connectivity index is 1.72. The molecule has 3 aromatic rings. The SMILES string of the molecule is COc1ccc(Nc2nc(N3CCOCC3)c3ccccc3n2)cc1Cl. The van der Waals surface area contributed by atoms with Crippen LogP contribution >= 0.6 is 11.6 Å². The number of hydrogen-bond donors (Lipinski definition) is 1. The fourth-order valence-corrected chi connectivity index (χ4v) is 3.26. The second-order valence-corrected chi connectivity index (χ2v) is 6.37. The Bertz CT molecular complexity index is 929. The molecule has 1 aromatic heterocycles. The first kappa shape index (κ1) is 16.9. The van der Waals surface area contributed by atoms with E-state index in [1.807, 2.05) is 36.4 Å². The smallest absolute Gasteiger partial charge is 0.229 e. The summed E-state index contributed by atoms with van der Waals surface area (Å²) >= 11 is 6.22. The van der Waals surface area contributed by atoms with Crippen LogP contribution in [0.4, 0.5) is 17.5 Å². The third-order valence-electron chi connectivity index (χ3n) is 4.30. The number of nitrogens with one attached hydrogen (secondary N) is 1. The van der Waals surface area contributed by atoms with Crippen molar-refractivity contribution in [2.75, 3.05) is 43.6 Å². The lowest BCUT2D eigenvalue weighted by atomic mass is 10.2. The molecule has 0 unspecified atom stereocenters. The van der Waals surface area contributed by atoms with Gasteiger partial charge in [-0.15, -0.1) is 0 Å². The molecule has 0 aliphatic carbocycles. The number of para-hydroxylation sites is 1. The first-order valence-corrected chi connectivity index (χ1v) is 8.82. The monoisotopic (exact) mass is 370 g/mol. The van der Waals surface area contributed by atoms with Gasteiger partial charge in [0.1, 0.15) is 11.6 Å². The van der Waals surface area contributed by atoms with Gasteiger partial charge in [0.05, 0.1) is 30.9 Å². The summed E-state index contributed by atoms with van der Waals surface area (Å²) in [5.41, 5.74) is 1.70. The highest BCUT2D eigenvalue weighted by molar-refractivity contribution is 6.32. The second-order valence-electron chi connectivity index (χ2n) is 5.96. The van der Waals surface area contributed by atoms with Gasteiger partial charge in [0.15, 0.2) is 0 Å². The number of hydrogen-bond acceptors (Lipinski definition) is 6. The molecule has 2 heterocycles. The van der Waals surface area contributed by atoms with Crippen molar-refractivity contribution >= 4 is 40.0 Å². The third-order valence-corrected chi connectivity index (χ3v) is 4.60. The Morgan fingerprint density at radius 3 is 2.69 bits per heavy atom. The minimum atomic E-state index is 0.534. The van der Waals surface area contributed by atoms with Crippen LogP contribution in [0.25, 0.3) is 10.9 Å². The standard InChI is InChI=1S/C19H19ClN4O2/c1-25-17-7-6-13(12-15(17)20)21-19-22-16-5-3-2-4-14(16)18(23-19)24-8-10-26-11-9-24/h2-7,12H,8-11H2,1H3,(H,21,22,23). The number of benzene rings is 2. The maximum atomic E-state index is 6.22. The van der Waals surface area contributed by atoms with Crippen LogP contribution in [0.5, 0.6) is 5.75 Å². The molecule has 2 aromatic carbocycles. The van der Waals surface area contributed by atoms with E-state index in [1.54, 1.807) is 13.2 Å². The molecule has 26 heavy (non-hydrogen) atoms. The molecule has 0 spiro atoms. The fourth-order valence-electron chi connectivity index (χ4n) is 3.01. The van der Waals surface area contributed by atoms with Crippen molar-refractivity contribution in [3.8, 4) is 5.75 Å².